The number of aryl methyl sites for hydroxylation is 1. The van der Waals surface area contributed by atoms with Gasteiger partial charge in [-0.05, 0) is 31.5 Å². The number of hydrogen-bond acceptors (Lipinski definition) is 4. The fraction of sp³-hybridized carbons (Fsp3) is 0.357. The fourth-order valence-corrected chi connectivity index (χ4v) is 2.66. The molecule has 1 aromatic carbocycles. The van der Waals surface area contributed by atoms with Crippen molar-refractivity contribution < 1.29 is 0 Å². The van der Waals surface area contributed by atoms with E-state index in [1.165, 1.54) is 11.3 Å². The minimum atomic E-state index is 0.681. The van der Waals surface area contributed by atoms with E-state index in [0.29, 0.717) is 6.54 Å². The largest absolute Gasteiger partial charge is 0.368 e. The third kappa shape index (κ3) is 3.09. The van der Waals surface area contributed by atoms with Gasteiger partial charge in [0.15, 0.2) is 0 Å². The predicted octanol–water partition coefficient (Wildman–Crippen LogP) is 2.59. The van der Waals surface area contributed by atoms with Gasteiger partial charge in [0.05, 0.1) is 17.2 Å². The van der Waals surface area contributed by atoms with E-state index in [1.54, 1.807) is 11.3 Å². The lowest BCUT2D eigenvalue weighted by molar-refractivity contribution is 0.870. The van der Waals surface area contributed by atoms with Gasteiger partial charge >= 0.3 is 0 Å². The van der Waals surface area contributed by atoms with Crippen LogP contribution in [0.3, 0.4) is 0 Å². The van der Waals surface area contributed by atoms with Gasteiger partial charge in [0.2, 0.25) is 0 Å². The molecule has 3 nitrogen and oxygen atoms in total. The fourth-order valence-electron chi connectivity index (χ4n) is 2.06. The van der Waals surface area contributed by atoms with Crippen molar-refractivity contribution in [1.82, 2.24) is 4.98 Å². The number of aromatic nitrogens is 1. The first-order chi connectivity index (χ1) is 8.70. The molecule has 0 spiro atoms. The minimum absolute atomic E-state index is 0.681. The lowest BCUT2D eigenvalue weighted by Gasteiger charge is -2.21. The maximum Gasteiger partial charge on any atom is 0.0898 e. The number of hydrogen-bond donors (Lipinski definition) is 1. The topological polar surface area (TPSA) is 42.2 Å². The van der Waals surface area contributed by atoms with Gasteiger partial charge in [-0.1, -0.05) is 18.2 Å². The van der Waals surface area contributed by atoms with Gasteiger partial charge in [0, 0.05) is 18.1 Å². The maximum absolute atomic E-state index is 5.66. The van der Waals surface area contributed by atoms with Gasteiger partial charge in [-0.3, -0.25) is 0 Å². The molecule has 0 saturated heterocycles. The Morgan fingerprint density at radius 2 is 2.11 bits per heavy atom. The first-order valence-electron chi connectivity index (χ1n) is 6.11. The SMILES string of the molecule is Cc1nc(CN(C)c2ccccc2CCN)cs1. The Labute approximate surface area is 112 Å². The smallest absolute Gasteiger partial charge is 0.0898 e. The Bertz CT molecular complexity index is 507. The molecule has 1 aromatic heterocycles. The molecule has 96 valence electrons. The van der Waals surface area contributed by atoms with Crippen LogP contribution in [-0.4, -0.2) is 18.6 Å². The van der Waals surface area contributed by atoms with E-state index in [1.807, 2.05) is 6.92 Å². The lowest BCUT2D eigenvalue weighted by Crippen LogP contribution is -2.19. The summed E-state index contributed by atoms with van der Waals surface area (Å²) in [5, 5.41) is 3.24. The molecule has 18 heavy (non-hydrogen) atoms. The first kappa shape index (κ1) is 13.1. The highest BCUT2D eigenvalue weighted by Gasteiger charge is 2.08. The minimum Gasteiger partial charge on any atom is -0.368 e. The van der Waals surface area contributed by atoms with Crippen molar-refractivity contribution in [2.24, 2.45) is 5.73 Å². The van der Waals surface area contributed by atoms with Crippen LogP contribution in [0.1, 0.15) is 16.3 Å². The molecule has 4 heteroatoms. The molecule has 2 N–H and O–H groups in total. The molecule has 0 fully saturated rings. The van der Waals surface area contributed by atoms with Crippen LogP contribution in [-0.2, 0) is 13.0 Å². The maximum atomic E-state index is 5.66. The monoisotopic (exact) mass is 261 g/mol. The summed E-state index contributed by atoms with van der Waals surface area (Å²) in [6.45, 7) is 3.56. The highest BCUT2D eigenvalue weighted by molar-refractivity contribution is 7.09. The van der Waals surface area contributed by atoms with E-state index < -0.39 is 0 Å². The second kappa shape index (κ2) is 5.98. The summed E-state index contributed by atoms with van der Waals surface area (Å²) in [6, 6.07) is 8.42. The van der Waals surface area contributed by atoms with E-state index in [9.17, 15) is 0 Å². The number of anilines is 1. The predicted molar refractivity (Wildman–Crippen MR) is 78.2 cm³/mol. The molecule has 0 radical (unpaired) electrons. The van der Waals surface area contributed by atoms with Gasteiger partial charge in [-0.2, -0.15) is 0 Å². The summed E-state index contributed by atoms with van der Waals surface area (Å²) in [7, 11) is 2.10. The van der Waals surface area contributed by atoms with Crippen LogP contribution in [0.4, 0.5) is 5.69 Å². The number of benzene rings is 1. The van der Waals surface area contributed by atoms with E-state index >= 15 is 0 Å². The summed E-state index contributed by atoms with van der Waals surface area (Å²) in [5.41, 5.74) is 9.33. The molecule has 0 bridgehead atoms. The number of para-hydroxylation sites is 1. The van der Waals surface area contributed by atoms with Gasteiger partial charge in [0.25, 0.3) is 0 Å². The highest BCUT2D eigenvalue weighted by Crippen LogP contribution is 2.21. The van der Waals surface area contributed by atoms with Crippen LogP contribution < -0.4 is 10.6 Å². The van der Waals surface area contributed by atoms with Gasteiger partial charge in [-0.15, -0.1) is 11.3 Å². The number of thiazole rings is 1. The van der Waals surface area contributed by atoms with Crippen LogP contribution in [0.15, 0.2) is 29.6 Å². The van der Waals surface area contributed by atoms with Crippen molar-refractivity contribution >= 4 is 17.0 Å². The normalized spacial score (nSPS) is 10.6. The zero-order valence-electron chi connectivity index (χ0n) is 10.9. The lowest BCUT2D eigenvalue weighted by atomic mass is 10.1. The zero-order valence-corrected chi connectivity index (χ0v) is 11.7. The molecule has 2 rings (SSSR count). The molecule has 0 saturated carbocycles. The molecule has 0 unspecified atom stereocenters. The van der Waals surface area contributed by atoms with Gasteiger partial charge in [0.1, 0.15) is 0 Å². The molecule has 1 heterocycles. The van der Waals surface area contributed by atoms with Crippen molar-refractivity contribution in [1.29, 1.82) is 0 Å². The Balaban J connectivity index is 2.15. The molecule has 0 amide bonds. The third-order valence-electron chi connectivity index (χ3n) is 2.88. The number of nitrogens with two attached hydrogens (primary N) is 1. The Morgan fingerprint density at radius 3 is 2.78 bits per heavy atom. The average molecular weight is 261 g/mol. The Morgan fingerprint density at radius 1 is 1.33 bits per heavy atom. The quantitative estimate of drug-likeness (QED) is 0.899. The Kier molecular flexibility index (Phi) is 4.33. The van der Waals surface area contributed by atoms with Crippen molar-refractivity contribution in [3.05, 3.63) is 45.9 Å². The first-order valence-corrected chi connectivity index (χ1v) is 6.99. The van der Waals surface area contributed by atoms with E-state index in [0.717, 1.165) is 23.7 Å². The summed E-state index contributed by atoms with van der Waals surface area (Å²) >= 11 is 1.70. The van der Waals surface area contributed by atoms with Crippen molar-refractivity contribution in [3.63, 3.8) is 0 Å². The molecule has 0 aliphatic carbocycles. The summed E-state index contributed by atoms with van der Waals surface area (Å²) < 4.78 is 0. The summed E-state index contributed by atoms with van der Waals surface area (Å²) in [4.78, 5) is 6.74. The van der Waals surface area contributed by atoms with Crippen molar-refractivity contribution in [3.8, 4) is 0 Å². The van der Waals surface area contributed by atoms with Gasteiger partial charge < -0.3 is 10.6 Å². The highest BCUT2D eigenvalue weighted by atomic mass is 32.1. The summed E-state index contributed by atoms with van der Waals surface area (Å²) in [5.74, 6) is 0. The van der Waals surface area contributed by atoms with E-state index in [-0.39, 0.29) is 0 Å². The number of rotatable bonds is 5. The number of nitrogens with zero attached hydrogens (tertiary/aromatic N) is 2. The standard InChI is InChI=1S/C14H19N3S/c1-11-16-13(10-18-11)9-17(2)14-6-4-3-5-12(14)7-8-15/h3-6,10H,7-9,15H2,1-2H3. The second-order valence-corrected chi connectivity index (χ2v) is 5.44. The molecule has 0 aliphatic rings. The Hall–Kier alpha value is -1.39. The van der Waals surface area contributed by atoms with Crippen molar-refractivity contribution in [2.75, 3.05) is 18.5 Å². The molecular formula is C14H19N3S. The van der Waals surface area contributed by atoms with Crippen molar-refractivity contribution in [2.45, 2.75) is 19.9 Å². The molecule has 2 aromatic rings. The van der Waals surface area contributed by atoms with Gasteiger partial charge in [-0.25, -0.2) is 4.98 Å². The third-order valence-corrected chi connectivity index (χ3v) is 3.70. The van der Waals surface area contributed by atoms with Crippen LogP contribution in [0.25, 0.3) is 0 Å². The van der Waals surface area contributed by atoms with Crippen LogP contribution >= 0.6 is 11.3 Å². The van der Waals surface area contributed by atoms with Crippen LogP contribution in [0, 0.1) is 6.92 Å². The van der Waals surface area contributed by atoms with Crippen LogP contribution in [0.2, 0.25) is 0 Å². The van der Waals surface area contributed by atoms with E-state index in [4.69, 9.17) is 5.73 Å². The van der Waals surface area contributed by atoms with E-state index in [2.05, 4.69) is 46.6 Å². The molecule has 0 atom stereocenters. The second-order valence-electron chi connectivity index (χ2n) is 4.38. The average Bonchev–Trinajstić information content (AvgIpc) is 2.76. The summed E-state index contributed by atoms with van der Waals surface area (Å²) in [6.07, 6.45) is 0.913. The molecular weight excluding hydrogens is 242 g/mol. The van der Waals surface area contributed by atoms with Crippen LogP contribution in [0.5, 0.6) is 0 Å². The molecule has 0 aliphatic heterocycles. The zero-order chi connectivity index (χ0) is 13.0.